The first-order chi connectivity index (χ1) is 31.9. The Hall–Kier alpha value is -6.94. The van der Waals surface area contributed by atoms with Gasteiger partial charge in [-0.25, -0.2) is 19.6 Å². The highest BCUT2D eigenvalue weighted by atomic mass is 16.5. The molecule has 7 atom stereocenters. The molecule has 344 valence electrons. The molecule has 2 saturated heterocycles. The van der Waals surface area contributed by atoms with Crippen LogP contribution in [0.1, 0.15) is 81.4 Å². The van der Waals surface area contributed by atoms with Gasteiger partial charge in [0.2, 0.25) is 5.91 Å². The maximum atomic E-state index is 14.5. The van der Waals surface area contributed by atoms with Crippen LogP contribution < -0.4 is 15.4 Å². The molecule has 3 aliphatic rings. The third kappa shape index (κ3) is 8.18. The van der Waals surface area contributed by atoms with Crippen LogP contribution in [0.5, 0.6) is 5.75 Å². The van der Waals surface area contributed by atoms with Gasteiger partial charge < -0.3 is 49.3 Å². The van der Waals surface area contributed by atoms with E-state index < -0.39 is 24.3 Å². The molecule has 3 aliphatic heterocycles. The molecular weight excluding hydrogens is 841 g/mol. The first kappa shape index (κ1) is 44.3. The lowest BCUT2D eigenvalue weighted by Crippen LogP contribution is -2.51. The van der Waals surface area contributed by atoms with Crippen LogP contribution in [0, 0.1) is 17.8 Å². The maximum absolute atomic E-state index is 14.5. The number of fused-ring (bicyclic) bond motifs is 6. The summed E-state index contributed by atoms with van der Waals surface area (Å²) in [5, 5.41) is 7.45. The minimum absolute atomic E-state index is 0.101. The van der Waals surface area contributed by atoms with Crippen molar-refractivity contribution in [1.29, 1.82) is 0 Å². The lowest BCUT2D eigenvalue weighted by molar-refractivity contribution is -0.137. The summed E-state index contributed by atoms with van der Waals surface area (Å²) < 4.78 is 21.7. The van der Waals surface area contributed by atoms with E-state index in [9.17, 15) is 19.2 Å². The average molecular weight is 897 g/mol. The van der Waals surface area contributed by atoms with Gasteiger partial charge in [0.15, 0.2) is 0 Å². The Morgan fingerprint density at radius 2 is 1.62 bits per heavy atom. The van der Waals surface area contributed by atoms with E-state index in [-0.39, 0.29) is 47.7 Å². The number of imidazole rings is 2. The molecule has 2 aromatic heterocycles. The molecule has 0 saturated carbocycles. The molecule has 2 fully saturated rings. The highest BCUT2D eigenvalue weighted by Gasteiger charge is 2.45. The lowest BCUT2D eigenvalue weighted by Gasteiger charge is -2.32. The van der Waals surface area contributed by atoms with Crippen LogP contribution in [-0.2, 0) is 30.4 Å². The van der Waals surface area contributed by atoms with Crippen molar-refractivity contribution < 1.29 is 38.1 Å². The smallest absolute Gasteiger partial charge is 0.407 e. The van der Waals surface area contributed by atoms with Gasteiger partial charge in [-0.3, -0.25) is 9.59 Å². The number of benzene rings is 4. The summed E-state index contributed by atoms with van der Waals surface area (Å²) in [4.78, 5) is 73.8. The van der Waals surface area contributed by atoms with Crippen molar-refractivity contribution in [2.45, 2.75) is 77.4 Å². The van der Waals surface area contributed by atoms with Crippen LogP contribution in [0.2, 0.25) is 0 Å². The predicted octanol–water partition coefficient (Wildman–Crippen LogP) is 7.98. The number of amides is 4. The zero-order valence-corrected chi connectivity index (χ0v) is 38.2. The molecule has 0 radical (unpaired) electrons. The van der Waals surface area contributed by atoms with Crippen LogP contribution in [0.3, 0.4) is 0 Å². The van der Waals surface area contributed by atoms with E-state index in [4.69, 9.17) is 28.9 Å². The number of rotatable bonds is 11. The van der Waals surface area contributed by atoms with Gasteiger partial charge in [0.1, 0.15) is 36.1 Å². The van der Waals surface area contributed by atoms with E-state index in [1.54, 1.807) is 18.2 Å². The number of nitrogens with zero attached hydrogens (tertiary/aromatic N) is 4. The van der Waals surface area contributed by atoms with E-state index in [2.05, 4.69) is 63.9 Å². The van der Waals surface area contributed by atoms with Gasteiger partial charge in [-0.05, 0) is 83.5 Å². The molecule has 66 heavy (non-hydrogen) atoms. The minimum Gasteiger partial charge on any atom is -0.488 e. The summed E-state index contributed by atoms with van der Waals surface area (Å²) in [6, 6.07) is 21.3. The molecule has 0 aliphatic carbocycles. The first-order valence-corrected chi connectivity index (χ1v) is 22.5. The fraction of sp³-hybridized carbons (Fsp3) is 0.400. The topological polar surface area (TPSA) is 193 Å². The molecule has 16 heteroatoms. The molecule has 4 N–H and O–H groups in total. The predicted molar refractivity (Wildman–Crippen MR) is 247 cm³/mol. The first-order valence-electron chi connectivity index (χ1n) is 22.5. The Bertz CT molecular complexity index is 2810. The summed E-state index contributed by atoms with van der Waals surface area (Å²) >= 11 is 0. The fourth-order valence-electron chi connectivity index (χ4n) is 10.0. The number of hydrogen-bond donors (Lipinski definition) is 4. The van der Waals surface area contributed by atoms with Gasteiger partial charge in [0.25, 0.3) is 5.91 Å². The summed E-state index contributed by atoms with van der Waals surface area (Å²) in [6.45, 7) is 9.29. The maximum Gasteiger partial charge on any atom is 0.407 e. The zero-order valence-electron chi connectivity index (χ0n) is 38.2. The van der Waals surface area contributed by atoms with Crippen molar-refractivity contribution in [3.05, 3.63) is 102 Å². The Kier molecular flexibility index (Phi) is 12.2. The molecule has 0 bridgehead atoms. The number of carbonyl (C=O) groups is 4. The molecule has 9 rings (SSSR count). The number of aromatic nitrogens is 4. The number of aromatic amines is 2. The summed E-state index contributed by atoms with van der Waals surface area (Å²) in [5.41, 5.74) is 7.11. The van der Waals surface area contributed by atoms with Crippen molar-refractivity contribution in [1.82, 2.24) is 40.4 Å². The number of likely N-dealkylation sites (tertiary alicyclic amines) is 2. The second-order valence-corrected chi connectivity index (χ2v) is 18.1. The zero-order chi connectivity index (χ0) is 46.4. The van der Waals surface area contributed by atoms with Crippen molar-refractivity contribution in [2.24, 2.45) is 17.8 Å². The number of alkyl carbamates (subject to hydrolysis) is 2. The Morgan fingerprint density at radius 3 is 2.36 bits per heavy atom. The van der Waals surface area contributed by atoms with E-state index in [0.717, 1.165) is 55.5 Å². The van der Waals surface area contributed by atoms with E-state index in [0.29, 0.717) is 49.8 Å². The third-order valence-electron chi connectivity index (χ3n) is 13.6. The largest absolute Gasteiger partial charge is 0.488 e. The van der Waals surface area contributed by atoms with E-state index in [1.807, 2.05) is 62.1 Å². The van der Waals surface area contributed by atoms with Gasteiger partial charge >= 0.3 is 12.2 Å². The molecule has 16 nitrogen and oxygen atoms in total. The van der Waals surface area contributed by atoms with Gasteiger partial charge in [-0.1, -0.05) is 69.3 Å². The Labute approximate surface area is 382 Å². The quantitative estimate of drug-likeness (QED) is 0.0991. The van der Waals surface area contributed by atoms with E-state index in [1.165, 1.54) is 14.2 Å². The molecule has 5 heterocycles. The molecule has 1 unspecified atom stereocenters. The summed E-state index contributed by atoms with van der Waals surface area (Å²) in [5.74, 6) is 1.80. The monoisotopic (exact) mass is 896 g/mol. The second-order valence-electron chi connectivity index (χ2n) is 18.1. The van der Waals surface area contributed by atoms with E-state index >= 15 is 0 Å². The standard InChI is InChI=1S/C50H56N8O8/c1-26(2)42(55-49(61)64-6)47(59)57-23-29(24-63-5)18-39(57)45-51-22-38(53-45)32-13-15-34-33(19-32)25-66-41-21-35-31(20-36(34)41)14-16-37-44(35)54-46(52-37)40-17-27(3)28(4)58(40)48(60)43(56-50(62)65-7)30-11-9-8-10-12-30/h8-16,19-22,26-29,39-40,42-43H,17-18,23-25H2,1-7H3,(H,51,53)(H,52,54)(H,55,61)(H,56,62)/t27-,28-,29+,39+,40+,42+,43?/m1/s1. The number of H-pyrrole nitrogens is 2. The molecule has 4 aromatic carbocycles. The third-order valence-corrected chi connectivity index (χ3v) is 13.6. The number of methoxy groups -OCH3 is 3. The van der Waals surface area contributed by atoms with Gasteiger partial charge in [0.05, 0.1) is 55.8 Å². The van der Waals surface area contributed by atoms with Crippen LogP contribution in [-0.4, -0.2) is 100 Å². The second kappa shape index (κ2) is 18.1. The Morgan fingerprint density at radius 1 is 0.848 bits per heavy atom. The number of carbonyl (C=O) groups excluding carboxylic acids is 4. The van der Waals surface area contributed by atoms with Crippen molar-refractivity contribution in [3.63, 3.8) is 0 Å². The number of nitrogens with one attached hydrogen (secondary N) is 4. The molecule has 6 aromatic rings. The van der Waals surface area contributed by atoms with Crippen molar-refractivity contribution >= 4 is 45.8 Å². The molecule has 0 spiro atoms. The summed E-state index contributed by atoms with van der Waals surface area (Å²) in [7, 11) is 4.23. The van der Waals surface area contributed by atoms with Crippen molar-refractivity contribution in [3.8, 4) is 28.1 Å². The van der Waals surface area contributed by atoms with Crippen LogP contribution in [0.25, 0.3) is 44.2 Å². The molecular formula is C50H56N8O8. The Balaban J connectivity index is 0.983. The minimum atomic E-state index is -0.935. The normalized spacial score (nSPS) is 21.0. The number of ether oxygens (including phenoxy) is 4. The van der Waals surface area contributed by atoms with Crippen LogP contribution >= 0.6 is 0 Å². The van der Waals surface area contributed by atoms with Crippen LogP contribution in [0.4, 0.5) is 9.59 Å². The van der Waals surface area contributed by atoms with Gasteiger partial charge in [-0.2, -0.15) is 0 Å². The number of hydrogen-bond acceptors (Lipinski definition) is 10. The SMILES string of the molecule is COC[C@H]1C[C@@H](c2ncc(-c3ccc4c(c3)COc3cc5c(ccc6nc([C@@H]7C[C@@H](C)[C@@H](C)N7C(=O)C(NC(=O)OC)c7ccccc7)[nH]c65)cc3-4)[nH]2)N(C(=O)[C@@H](NC(=O)OC)C(C)C)C1. The highest BCUT2D eigenvalue weighted by molar-refractivity contribution is 6.07. The van der Waals surface area contributed by atoms with Crippen molar-refractivity contribution in [2.75, 3.05) is 34.5 Å². The van der Waals surface area contributed by atoms with Gasteiger partial charge in [0, 0.05) is 36.6 Å². The lowest BCUT2D eigenvalue weighted by atomic mass is 9.92. The fourth-order valence-corrected chi connectivity index (χ4v) is 10.0. The summed E-state index contributed by atoms with van der Waals surface area (Å²) in [6.07, 6.45) is 1.82. The van der Waals surface area contributed by atoms with Gasteiger partial charge in [-0.15, -0.1) is 0 Å². The van der Waals surface area contributed by atoms with Crippen LogP contribution in [0.15, 0.2) is 79.0 Å². The highest BCUT2D eigenvalue weighted by Crippen LogP contribution is 2.45. The molecule has 4 amide bonds. The average Bonchev–Trinajstić information content (AvgIpc) is 4.14.